The molecule has 3 fully saturated rings. The van der Waals surface area contributed by atoms with Gasteiger partial charge in [0.25, 0.3) is 0 Å². The second kappa shape index (κ2) is 10.2. The number of sulfonamides is 1. The number of aryl methyl sites for hydroxylation is 1. The van der Waals surface area contributed by atoms with Gasteiger partial charge in [-0.1, -0.05) is 60.2 Å². The van der Waals surface area contributed by atoms with Crippen LogP contribution in [0.25, 0.3) is 0 Å². The molecule has 0 heterocycles. The van der Waals surface area contributed by atoms with Crippen molar-refractivity contribution in [3.05, 3.63) is 95.6 Å². The fourth-order valence-electron chi connectivity index (χ4n) is 5.87. The van der Waals surface area contributed by atoms with E-state index in [0.717, 1.165) is 22.7 Å². The summed E-state index contributed by atoms with van der Waals surface area (Å²) in [5, 5.41) is 2.97. The lowest BCUT2D eigenvalue weighted by atomic mass is 9.58. The van der Waals surface area contributed by atoms with Gasteiger partial charge in [0, 0.05) is 12.1 Å². The molecule has 2 N–H and O–H groups in total. The Morgan fingerprint density at radius 2 is 1.50 bits per heavy atom. The summed E-state index contributed by atoms with van der Waals surface area (Å²) in [5.41, 5.74) is 4.15. The van der Waals surface area contributed by atoms with Crippen LogP contribution < -0.4 is 10.0 Å². The highest BCUT2D eigenvalue weighted by molar-refractivity contribution is 7.89. The summed E-state index contributed by atoms with van der Waals surface area (Å²) in [4.78, 5) is 13.2. The fourth-order valence-corrected chi connectivity index (χ4v) is 7.10. The molecular weight excluding hydrogens is 468 g/mol. The number of benzene rings is 3. The monoisotopic (exact) mass is 502 g/mol. The maximum Gasteiger partial charge on any atom is 0.241 e. The number of amides is 1. The zero-order valence-electron chi connectivity index (χ0n) is 20.7. The molecule has 6 heteroatoms. The lowest BCUT2D eigenvalue weighted by molar-refractivity contribution is -0.116. The smallest absolute Gasteiger partial charge is 0.241 e. The van der Waals surface area contributed by atoms with Crippen molar-refractivity contribution >= 4 is 21.6 Å². The number of hydrogen-bond acceptors (Lipinski definition) is 3. The van der Waals surface area contributed by atoms with E-state index in [1.54, 1.807) is 24.3 Å². The zero-order chi connectivity index (χ0) is 25.2. The van der Waals surface area contributed by atoms with Crippen molar-refractivity contribution in [1.29, 1.82) is 0 Å². The van der Waals surface area contributed by atoms with E-state index >= 15 is 0 Å². The molecule has 1 atom stereocenters. The Kier molecular flexibility index (Phi) is 7.00. The standard InChI is InChI=1S/C30H34N2O3S/c1-22-7-13-27(14-8-22)36(34,35)32-28(24-5-3-2-4-6-24)21-29(33)31-26-11-9-25(10-12-26)30-18-15-23(16-19-30)17-20-30/h2-14,23,28,32H,15-21H2,1H3,(H,31,33)/t23?,28-,30?/m1/s1. The topological polar surface area (TPSA) is 75.3 Å². The summed E-state index contributed by atoms with van der Waals surface area (Å²) in [6, 6.07) is 23.5. The number of hydrogen-bond donors (Lipinski definition) is 2. The number of carbonyl (C=O) groups is 1. The molecule has 6 rings (SSSR count). The first kappa shape index (κ1) is 24.7. The highest BCUT2D eigenvalue weighted by Gasteiger charge is 2.41. The van der Waals surface area contributed by atoms with Crippen molar-refractivity contribution in [2.75, 3.05) is 5.32 Å². The number of nitrogens with one attached hydrogen (secondary N) is 2. The van der Waals surface area contributed by atoms with Crippen LogP contribution in [0, 0.1) is 12.8 Å². The molecule has 3 aromatic rings. The molecular formula is C30H34N2O3S. The van der Waals surface area contributed by atoms with Crippen LogP contribution in [0.4, 0.5) is 5.69 Å². The minimum atomic E-state index is -3.80. The van der Waals surface area contributed by atoms with Crippen molar-refractivity contribution in [2.45, 2.75) is 68.2 Å². The molecule has 5 nitrogen and oxygen atoms in total. The second-order valence-electron chi connectivity index (χ2n) is 10.5. The van der Waals surface area contributed by atoms with Gasteiger partial charge in [-0.3, -0.25) is 4.79 Å². The molecule has 1 amide bonds. The molecule has 0 aliphatic heterocycles. The van der Waals surface area contributed by atoms with Gasteiger partial charge in [0.15, 0.2) is 0 Å². The first-order valence-corrected chi connectivity index (χ1v) is 14.4. The van der Waals surface area contributed by atoms with E-state index in [4.69, 9.17) is 0 Å². The molecule has 0 spiro atoms. The number of anilines is 1. The van der Waals surface area contributed by atoms with Gasteiger partial charge in [-0.15, -0.1) is 0 Å². The Labute approximate surface area is 214 Å². The van der Waals surface area contributed by atoms with Gasteiger partial charge in [0.05, 0.1) is 10.9 Å². The van der Waals surface area contributed by atoms with E-state index in [-0.39, 0.29) is 17.2 Å². The largest absolute Gasteiger partial charge is 0.326 e. The first-order chi connectivity index (χ1) is 17.3. The number of carbonyl (C=O) groups excluding carboxylic acids is 1. The Hall–Kier alpha value is -2.96. The Balaban J connectivity index is 1.29. The normalized spacial score (nSPS) is 22.2. The third-order valence-corrected chi connectivity index (χ3v) is 9.58. The predicted molar refractivity (Wildman–Crippen MR) is 143 cm³/mol. The van der Waals surface area contributed by atoms with E-state index in [0.29, 0.717) is 5.41 Å². The first-order valence-electron chi connectivity index (χ1n) is 12.9. The van der Waals surface area contributed by atoms with Crippen LogP contribution in [0.3, 0.4) is 0 Å². The van der Waals surface area contributed by atoms with E-state index in [1.165, 1.54) is 44.1 Å². The Morgan fingerprint density at radius 3 is 2.11 bits per heavy atom. The minimum Gasteiger partial charge on any atom is -0.326 e. The lowest BCUT2D eigenvalue weighted by Gasteiger charge is -2.47. The average molecular weight is 503 g/mol. The fraction of sp³-hybridized carbons (Fsp3) is 0.367. The second-order valence-corrected chi connectivity index (χ2v) is 12.2. The maximum atomic E-state index is 13.1. The molecule has 0 saturated heterocycles. The van der Waals surface area contributed by atoms with Crippen molar-refractivity contribution in [2.24, 2.45) is 5.92 Å². The van der Waals surface area contributed by atoms with Crippen molar-refractivity contribution in [3.8, 4) is 0 Å². The molecule has 3 aromatic carbocycles. The molecule has 188 valence electrons. The maximum absolute atomic E-state index is 13.1. The van der Waals surface area contributed by atoms with Crippen LogP contribution >= 0.6 is 0 Å². The predicted octanol–water partition coefficient (Wildman–Crippen LogP) is 6.27. The molecule has 0 aromatic heterocycles. The van der Waals surface area contributed by atoms with E-state index in [9.17, 15) is 13.2 Å². The molecule has 3 aliphatic carbocycles. The molecule has 0 radical (unpaired) electrons. The summed E-state index contributed by atoms with van der Waals surface area (Å²) < 4.78 is 28.9. The quantitative estimate of drug-likeness (QED) is 0.381. The van der Waals surface area contributed by atoms with Crippen molar-refractivity contribution in [1.82, 2.24) is 4.72 Å². The molecule has 36 heavy (non-hydrogen) atoms. The lowest BCUT2D eigenvalue weighted by Crippen LogP contribution is -2.37. The summed E-state index contributed by atoms with van der Waals surface area (Å²) in [5.74, 6) is 0.686. The summed E-state index contributed by atoms with van der Waals surface area (Å²) in [7, 11) is -3.80. The van der Waals surface area contributed by atoms with Crippen LogP contribution in [0.15, 0.2) is 83.8 Å². The highest BCUT2D eigenvalue weighted by atomic mass is 32.2. The van der Waals surface area contributed by atoms with Gasteiger partial charge in [0.1, 0.15) is 0 Å². The van der Waals surface area contributed by atoms with E-state index < -0.39 is 16.1 Å². The van der Waals surface area contributed by atoms with E-state index in [1.807, 2.05) is 49.4 Å². The summed E-state index contributed by atoms with van der Waals surface area (Å²) >= 11 is 0. The highest BCUT2D eigenvalue weighted by Crippen LogP contribution is 2.51. The van der Waals surface area contributed by atoms with Gasteiger partial charge in [-0.25, -0.2) is 13.1 Å². The third-order valence-electron chi connectivity index (χ3n) is 8.09. The zero-order valence-corrected chi connectivity index (χ0v) is 21.6. The van der Waals surface area contributed by atoms with E-state index in [2.05, 4.69) is 22.2 Å². The van der Waals surface area contributed by atoms with Crippen LogP contribution in [-0.2, 0) is 20.2 Å². The van der Waals surface area contributed by atoms with Crippen molar-refractivity contribution in [3.63, 3.8) is 0 Å². The van der Waals surface area contributed by atoms with Gasteiger partial charge in [-0.05, 0) is 92.2 Å². The van der Waals surface area contributed by atoms with Crippen LogP contribution in [0.2, 0.25) is 0 Å². The minimum absolute atomic E-state index is 0.0117. The summed E-state index contributed by atoms with van der Waals surface area (Å²) in [6.45, 7) is 1.91. The van der Waals surface area contributed by atoms with Gasteiger partial charge in [-0.2, -0.15) is 0 Å². The Bertz CT molecular complexity index is 1280. The number of rotatable bonds is 8. The van der Waals surface area contributed by atoms with Crippen LogP contribution in [0.1, 0.15) is 67.7 Å². The molecule has 0 unspecified atom stereocenters. The van der Waals surface area contributed by atoms with Crippen LogP contribution in [-0.4, -0.2) is 14.3 Å². The summed E-state index contributed by atoms with van der Waals surface area (Å²) in [6.07, 6.45) is 7.78. The molecule has 2 bridgehead atoms. The Morgan fingerprint density at radius 1 is 0.889 bits per heavy atom. The average Bonchev–Trinajstić information content (AvgIpc) is 2.90. The SMILES string of the molecule is Cc1ccc(S(=O)(=O)N[C@H](CC(=O)Nc2ccc(C34CCC(CC3)CC4)cc2)c2ccccc2)cc1. The van der Waals surface area contributed by atoms with Crippen LogP contribution in [0.5, 0.6) is 0 Å². The van der Waals surface area contributed by atoms with Gasteiger partial charge < -0.3 is 5.32 Å². The molecule has 3 aliphatic rings. The molecule has 3 saturated carbocycles. The van der Waals surface area contributed by atoms with Crippen molar-refractivity contribution < 1.29 is 13.2 Å². The number of fused-ring (bicyclic) bond motifs is 3. The van der Waals surface area contributed by atoms with Gasteiger partial charge >= 0.3 is 0 Å². The third kappa shape index (κ3) is 5.40. The van der Waals surface area contributed by atoms with Gasteiger partial charge in [0.2, 0.25) is 15.9 Å².